The van der Waals surface area contributed by atoms with Crippen LogP contribution in [0.4, 0.5) is 0 Å². The quantitative estimate of drug-likeness (QED) is 0.705. The zero-order valence-corrected chi connectivity index (χ0v) is 14.3. The van der Waals surface area contributed by atoms with E-state index < -0.39 is 15.0 Å². The van der Waals surface area contributed by atoms with Crippen molar-refractivity contribution in [2.45, 2.75) is 17.8 Å². The molecule has 0 atom stereocenters. The maximum absolute atomic E-state index is 5.61. The van der Waals surface area contributed by atoms with Crippen LogP contribution in [0, 0.1) is 0 Å². The van der Waals surface area contributed by atoms with E-state index in [4.69, 9.17) is 26.8 Å². The molecule has 0 saturated heterocycles. The van der Waals surface area contributed by atoms with Gasteiger partial charge in [0.1, 0.15) is 0 Å². The van der Waals surface area contributed by atoms with Crippen molar-refractivity contribution in [3.63, 3.8) is 0 Å². The molecule has 2 N–H and O–H groups in total. The monoisotopic (exact) mass is 358 g/mol. The van der Waals surface area contributed by atoms with Crippen molar-refractivity contribution in [1.82, 2.24) is 10.6 Å². The second kappa shape index (κ2) is 13.6. The minimum atomic E-state index is -2.95. The van der Waals surface area contributed by atoms with Gasteiger partial charge < -0.3 is 10.6 Å². The summed E-state index contributed by atoms with van der Waals surface area (Å²) in [5.41, 5.74) is 0. The van der Waals surface area contributed by atoms with Crippen molar-refractivity contribution in [2.24, 2.45) is 0 Å². The van der Waals surface area contributed by atoms with Gasteiger partial charge in [0, 0.05) is 0 Å². The Hall–Kier alpha value is 1.59. The molecule has 0 bridgehead atoms. The normalized spacial score (nSPS) is 9.69. The Labute approximate surface area is 97.7 Å². The van der Waals surface area contributed by atoms with Gasteiger partial charge in [-0.05, 0) is 28.2 Å². The average Bonchev–Trinajstić information content (AvgIpc) is 1.88. The third kappa shape index (κ3) is 31.7. The third-order valence-electron chi connectivity index (χ3n) is 0.655. The number of hydrogen-bond donors (Lipinski definition) is 2. The first kappa shape index (κ1) is 20.1. The molecular formula is C7H21Cl3N2Sn. The Balaban J connectivity index is -0.000000140. The Morgan fingerprint density at radius 3 is 0.923 bits per heavy atom. The Bertz CT molecular complexity index is 84.3. The molecule has 0 amide bonds. The van der Waals surface area contributed by atoms with E-state index in [1.807, 2.05) is 42.0 Å². The molecule has 2 nitrogen and oxygen atoms in total. The number of rotatable bonds is 1. The molecule has 13 heavy (non-hydrogen) atoms. The van der Waals surface area contributed by atoms with E-state index in [0.29, 0.717) is 3.93 Å². The molecule has 0 aliphatic rings. The van der Waals surface area contributed by atoms with Crippen LogP contribution in [0.3, 0.4) is 0 Å². The second-order valence-electron chi connectivity index (χ2n) is 2.70. The van der Waals surface area contributed by atoms with Gasteiger partial charge in [0.05, 0.1) is 0 Å². The summed E-state index contributed by atoms with van der Waals surface area (Å²) < 4.78 is 0.305. The summed E-state index contributed by atoms with van der Waals surface area (Å²) >= 11 is -2.95. The molecule has 0 fully saturated rings. The predicted octanol–water partition coefficient (Wildman–Crippen LogP) is 2.72. The van der Waals surface area contributed by atoms with Crippen LogP contribution in [-0.4, -0.2) is 43.2 Å². The van der Waals surface area contributed by atoms with E-state index in [2.05, 4.69) is 10.6 Å². The molecule has 0 rings (SSSR count). The molecule has 0 unspecified atom stereocenters. The fourth-order valence-corrected chi connectivity index (χ4v) is 0. The van der Waals surface area contributed by atoms with Crippen LogP contribution in [0.1, 0.15) is 13.8 Å². The third-order valence-corrected chi connectivity index (χ3v) is 13.2. The predicted molar refractivity (Wildman–Crippen MR) is 68.4 cm³/mol. The summed E-state index contributed by atoms with van der Waals surface area (Å²) in [7, 11) is 24.3. The number of hydrogen-bond acceptors (Lipinski definition) is 2. The summed E-state index contributed by atoms with van der Waals surface area (Å²) in [5, 5.41) is 5.50. The Kier molecular flexibility index (Phi) is 21.0. The molecule has 0 aliphatic heterocycles. The fourth-order valence-electron chi connectivity index (χ4n) is 0. The van der Waals surface area contributed by atoms with E-state index in [1.165, 1.54) is 0 Å². The summed E-state index contributed by atoms with van der Waals surface area (Å²) in [6.45, 7) is 3.90. The SMILES string of the molecule is CNC.CNC.C[CH](C)[Sn]([Cl])([Cl])[Cl]. The second-order valence-corrected chi connectivity index (χ2v) is 25.0. The van der Waals surface area contributed by atoms with Gasteiger partial charge in [0.15, 0.2) is 0 Å². The van der Waals surface area contributed by atoms with Gasteiger partial charge in [-0.1, -0.05) is 0 Å². The molecule has 0 aromatic rings. The van der Waals surface area contributed by atoms with E-state index >= 15 is 0 Å². The van der Waals surface area contributed by atoms with Crippen LogP contribution < -0.4 is 10.6 Å². The van der Waals surface area contributed by atoms with Gasteiger partial charge in [-0.2, -0.15) is 0 Å². The van der Waals surface area contributed by atoms with Gasteiger partial charge in [0.2, 0.25) is 0 Å². The molecule has 0 radical (unpaired) electrons. The molecule has 0 saturated carbocycles. The van der Waals surface area contributed by atoms with E-state index in [1.54, 1.807) is 0 Å². The van der Waals surface area contributed by atoms with Crippen LogP contribution in [-0.2, 0) is 0 Å². The van der Waals surface area contributed by atoms with Gasteiger partial charge in [-0.3, -0.25) is 0 Å². The van der Waals surface area contributed by atoms with Crippen molar-refractivity contribution in [3.05, 3.63) is 0 Å². The van der Waals surface area contributed by atoms with E-state index in [9.17, 15) is 0 Å². The van der Waals surface area contributed by atoms with Gasteiger partial charge in [0.25, 0.3) is 0 Å². The van der Waals surface area contributed by atoms with Gasteiger partial charge >= 0.3 is 59.5 Å². The molecule has 0 aliphatic carbocycles. The number of nitrogens with one attached hydrogen (secondary N) is 2. The van der Waals surface area contributed by atoms with Crippen molar-refractivity contribution >= 4 is 41.8 Å². The van der Waals surface area contributed by atoms with E-state index in [0.717, 1.165) is 0 Å². The zero-order valence-electron chi connectivity index (χ0n) is 9.21. The fraction of sp³-hybridized carbons (Fsp3) is 1.00. The summed E-state index contributed by atoms with van der Waals surface area (Å²) in [4.78, 5) is 0. The van der Waals surface area contributed by atoms with Crippen molar-refractivity contribution in [3.8, 4) is 0 Å². The van der Waals surface area contributed by atoms with Crippen LogP contribution in [0.5, 0.6) is 0 Å². The van der Waals surface area contributed by atoms with Crippen LogP contribution >= 0.6 is 26.8 Å². The van der Waals surface area contributed by atoms with E-state index in [-0.39, 0.29) is 0 Å². The van der Waals surface area contributed by atoms with Gasteiger partial charge in [-0.15, -0.1) is 0 Å². The topological polar surface area (TPSA) is 24.1 Å². The maximum atomic E-state index is 5.61. The van der Waals surface area contributed by atoms with Gasteiger partial charge in [-0.25, -0.2) is 0 Å². The van der Waals surface area contributed by atoms with Crippen molar-refractivity contribution < 1.29 is 0 Å². The Morgan fingerprint density at radius 1 is 0.846 bits per heavy atom. The van der Waals surface area contributed by atoms with Crippen LogP contribution in [0.2, 0.25) is 3.93 Å². The molecule has 0 aromatic carbocycles. The van der Waals surface area contributed by atoms with Crippen LogP contribution in [0.15, 0.2) is 0 Å². The average molecular weight is 358 g/mol. The zero-order chi connectivity index (χ0) is 11.5. The standard InChI is InChI=1S/C3H7.2C2H7N.3ClH.Sn/c3*1-3-2;;;;/h3*3H,1-2H3;3*1H;/q;;;;;;+3/p-3. The number of halogens is 3. The molecule has 84 valence electrons. The summed E-state index contributed by atoms with van der Waals surface area (Å²) in [5.74, 6) is 0. The first-order chi connectivity index (χ1) is 5.77. The molecule has 0 aromatic heterocycles. The first-order valence-corrected chi connectivity index (χ1v) is 16.5. The summed E-state index contributed by atoms with van der Waals surface area (Å²) in [6.07, 6.45) is 0. The van der Waals surface area contributed by atoms with Crippen LogP contribution in [0.25, 0.3) is 0 Å². The molecule has 6 heteroatoms. The molecule has 0 spiro atoms. The molecule has 0 heterocycles. The van der Waals surface area contributed by atoms with Crippen molar-refractivity contribution in [1.29, 1.82) is 0 Å². The van der Waals surface area contributed by atoms with Crippen molar-refractivity contribution in [2.75, 3.05) is 28.2 Å². The summed E-state index contributed by atoms with van der Waals surface area (Å²) in [6, 6.07) is 0. The molecular weight excluding hydrogens is 337 g/mol. The Morgan fingerprint density at radius 2 is 0.923 bits per heavy atom. The first-order valence-electron chi connectivity index (χ1n) is 4.01. The minimum absolute atomic E-state index is 0.305.